The van der Waals surface area contributed by atoms with Crippen molar-refractivity contribution in [2.24, 2.45) is 0 Å². The molecule has 0 aliphatic carbocycles. The first-order chi connectivity index (χ1) is 8.52. The van der Waals surface area contributed by atoms with Crippen LogP contribution in [0.3, 0.4) is 0 Å². The van der Waals surface area contributed by atoms with Gasteiger partial charge in [-0.2, -0.15) is 0 Å². The fourth-order valence-corrected chi connectivity index (χ4v) is 2.01. The van der Waals surface area contributed by atoms with E-state index in [1.54, 1.807) is 18.2 Å². The molecule has 2 aromatic rings. The number of fused-ring (bicyclic) bond motifs is 1. The molecule has 0 spiro atoms. The van der Waals surface area contributed by atoms with Crippen LogP contribution < -0.4 is 5.56 Å². The summed E-state index contributed by atoms with van der Waals surface area (Å²) in [4.78, 5) is 25.8. The molecular weight excluding hydrogens is 230 g/mol. The van der Waals surface area contributed by atoms with E-state index < -0.39 is 5.97 Å². The summed E-state index contributed by atoms with van der Waals surface area (Å²) >= 11 is 0. The first-order valence-corrected chi connectivity index (χ1v) is 5.78. The molecule has 0 amide bonds. The Balaban J connectivity index is 2.71. The Bertz CT molecular complexity index is 656. The lowest BCUT2D eigenvalue weighted by molar-refractivity contribution is 0.0601. The zero-order valence-electron chi connectivity index (χ0n) is 10.6. The van der Waals surface area contributed by atoms with E-state index in [9.17, 15) is 9.59 Å². The van der Waals surface area contributed by atoms with Crippen LogP contribution in [-0.4, -0.2) is 18.1 Å². The Morgan fingerprint density at radius 3 is 2.61 bits per heavy atom. The Kier molecular flexibility index (Phi) is 3.19. The van der Waals surface area contributed by atoms with Crippen LogP contribution in [0.15, 0.2) is 29.1 Å². The second-order valence-corrected chi connectivity index (χ2v) is 4.50. The van der Waals surface area contributed by atoms with Gasteiger partial charge in [0.15, 0.2) is 0 Å². The number of carbonyl (C=O) groups excluding carboxylic acids is 1. The van der Waals surface area contributed by atoms with Crippen LogP contribution in [0.1, 0.15) is 35.7 Å². The summed E-state index contributed by atoms with van der Waals surface area (Å²) in [7, 11) is 1.33. The lowest BCUT2D eigenvalue weighted by atomic mass is 9.98. The van der Waals surface area contributed by atoms with Crippen molar-refractivity contribution in [2.45, 2.75) is 19.8 Å². The quantitative estimate of drug-likeness (QED) is 0.827. The highest BCUT2D eigenvalue weighted by Crippen LogP contribution is 2.23. The molecule has 0 fully saturated rings. The van der Waals surface area contributed by atoms with E-state index in [1.807, 2.05) is 19.9 Å². The molecule has 0 aliphatic heterocycles. The van der Waals surface area contributed by atoms with Crippen molar-refractivity contribution < 1.29 is 9.53 Å². The number of hydrogen-bond donors (Lipinski definition) is 1. The largest absolute Gasteiger partial charge is 0.465 e. The van der Waals surface area contributed by atoms with Gasteiger partial charge in [0.05, 0.1) is 12.7 Å². The molecule has 0 unspecified atom stereocenters. The predicted molar refractivity (Wildman–Crippen MR) is 70.0 cm³/mol. The maximum Gasteiger partial charge on any atom is 0.337 e. The molecule has 2 rings (SSSR count). The molecule has 4 nitrogen and oxygen atoms in total. The number of benzene rings is 1. The van der Waals surface area contributed by atoms with Gasteiger partial charge in [-0.3, -0.25) is 4.79 Å². The highest BCUT2D eigenvalue weighted by atomic mass is 16.5. The smallest absolute Gasteiger partial charge is 0.337 e. The third-order valence-corrected chi connectivity index (χ3v) is 2.92. The van der Waals surface area contributed by atoms with E-state index in [-0.39, 0.29) is 11.5 Å². The summed E-state index contributed by atoms with van der Waals surface area (Å²) in [5.41, 5.74) is 1.91. The number of H-pyrrole nitrogens is 1. The van der Waals surface area contributed by atoms with E-state index in [0.717, 1.165) is 10.9 Å². The average Bonchev–Trinajstić information content (AvgIpc) is 2.35. The van der Waals surface area contributed by atoms with Gasteiger partial charge in [0.2, 0.25) is 5.56 Å². The first kappa shape index (κ1) is 12.4. The van der Waals surface area contributed by atoms with Gasteiger partial charge in [0, 0.05) is 17.0 Å². The number of carbonyl (C=O) groups is 1. The molecule has 0 saturated carbocycles. The minimum Gasteiger partial charge on any atom is -0.465 e. The molecule has 4 heteroatoms. The van der Waals surface area contributed by atoms with Crippen molar-refractivity contribution in [2.75, 3.05) is 7.11 Å². The lowest BCUT2D eigenvalue weighted by Gasteiger charge is -2.10. The minimum atomic E-state index is -0.410. The second kappa shape index (κ2) is 4.64. The molecule has 0 radical (unpaired) electrons. The summed E-state index contributed by atoms with van der Waals surface area (Å²) in [6.45, 7) is 4.06. The van der Waals surface area contributed by atoms with Gasteiger partial charge in [-0.15, -0.1) is 0 Å². The summed E-state index contributed by atoms with van der Waals surface area (Å²) in [5.74, 6) is -0.161. The average molecular weight is 245 g/mol. The third-order valence-electron chi connectivity index (χ3n) is 2.92. The van der Waals surface area contributed by atoms with Gasteiger partial charge in [0.1, 0.15) is 0 Å². The van der Waals surface area contributed by atoms with Crippen molar-refractivity contribution in [1.82, 2.24) is 4.98 Å². The van der Waals surface area contributed by atoms with Crippen LogP contribution >= 0.6 is 0 Å². The van der Waals surface area contributed by atoms with E-state index in [0.29, 0.717) is 11.1 Å². The highest BCUT2D eigenvalue weighted by molar-refractivity contribution is 5.95. The summed E-state index contributed by atoms with van der Waals surface area (Å²) in [6.07, 6.45) is 0. The van der Waals surface area contributed by atoms with Crippen molar-refractivity contribution in [3.05, 3.63) is 45.7 Å². The highest BCUT2D eigenvalue weighted by Gasteiger charge is 2.10. The summed E-state index contributed by atoms with van der Waals surface area (Å²) < 4.78 is 4.66. The fraction of sp³-hybridized carbons (Fsp3) is 0.286. The van der Waals surface area contributed by atoms with Crippen LogP contribution in [0.4, 0.5) is 0 Å². The number of aromatic nitrogens is 1. The molecule has 1 N–H and O–H groups in total. The Hall–Kier alpha value is -2.10. The Morgan fingerprint density at radius 2 is 2.00 bits per heavy atom. The molecule has 94 valence electrons. The number of nitrogens with one attached hydrogen (secondary N) is 1. The van der Waals surface area contributed by atoms with Gasteiger partial charge in [-0.05, 0) is 23.6 Å². The monoisotopic (exact) mass is 245 g/mol. The van der Waals surface area contributed by atoms with Crippen LogP contribution in [0.5, 0.6) is 0 Å². The molecular formula is C14H15NO3. The predicted octanol–water partition coefficient (Wildman–Crippen LogP) is 2.44. The van der Waals surface area contributed by atoms with E-state index in [1.165, 1.54) is 7.11 Å². The number of rotatable bonds is 2. The van der Waals surface area contributed by atoms with Crippen molar-refractivity contribution in [3.63, 3.8) is 0 Å². The van der Waals surface area contributed by atoms with Crippen LogP contribution in [0.2, 0.25) is 0 Å². The van der Waals surface area contributed by atoms with E-state index in [4.69, 9.17) is 0 Å². The minimum absolute atomic E-state index is 0.159. The fourth-order valence-electron chi connectivity index (χ4n) is 2.01. The SMILES string of the molecule is COC(=O)c1ccc2c(C(C)C)cc(=O)[nH]c2c1. The molecule has 18 heavy (non-hydrogen) atoms. The van der Waals surface area contributed by atoms with Gasteiger partial charge in [-0.25, -0.2) is 4.79 Å². The second-order valence-electron chi connectivity index (χ2n) is 4.50. The standard InChI is InChI=1S/C14H15NO3/c1-8(2)11-7-13(16)15-12-6-9(14(17)18-3)4-5-10(11)12/h4-8H,1-3H3,(H,15,16). The van der Waals surface area contributed by atoms with Gasteiger partial charge < -0.3 is 9.72 Å². The molecule has 1 aromatic heterocycles. The van der Waals surface area contributed by atoms with Gasteiger partial charge in [-0.1, -0.05) is 19.9 Å². The number of esters is 1. The number of hydrogen-bond acceptors (Lipinski definition) is 3. The summed E-state index contributed by atoms with van der Waals surface area (Å²) in [5, 5.41) is 0.956. The third kappa shape index (κ3) is 2.14. The maximum absolute atomic E-state index is 11.6. The Labute approximate surface area is 105 Å². The molecule has 0 saturated heterocycles. The number of aromatic amines is 1. The van der Waals surface area contributed by atoms with E-state index in [2.05, 4.69) is 9.72 Å². The zero-order chi connectivity index (χ0) is 13.3. The van der Waals surface area contributed by atoms with Crippen molar-refractivity contribution >= 4 is 16.9 Å². The van der Waals surface area contributed by atoms with Gasteiger partial charge in [0.25, 0.3) is 0 Å². The number of methoxy groups -OCH3 is 1. The molecule has 0 bridgehead atoms. The van der Waals surface area contributed by atoms with Crippen LogP contribution in [0, 0.1) is 0 Å². The van der Waals surface area contributed by atoms with Gasteiger partial charge >= 0.3 is 5.97 Å². The zero-order valence-corrected chi connectivity index (χ0v) is 10.6. The number of ether oxygens (including phenoxy) is 1. The van der Waals surface area contributed by atoms with E-state index >= 15 is 0 Å². The Morgan fingerprint density at radius 1 is 1.28 bits per heavy atom. The van der Waals surface area contributed by atoms with Crippen LogP contribution in [-0.2, 0) is 4.74 Å². The molecule has 1 aromatic carbocycles. The van der Waals surface area contributed by atoms with Crippen molar-refractivity contribution in [1.29, 1.82) is 0 Å². The first-order valence-electron chi connectivity index (χ1n) is 5.78. The summed E-state index contributed by atoms with van der Waals surface area (Å²) in [6, 6.07) is 6.80. The number of pyridine rings is 1. The topological polar surface area (TPSA) is 59.2 Å². The van der Waals surface area contributed by atoms with Crippen LogP contribution in [0.25, 0.3) is 10.9 Å². The molecule has 1 heterocycles. The van der Waals surface area contributed by atoms with Crippen molar-refractivity contribution in [3.8, 4) is 0 Å². The maximum atomic E-state index is 11.6. The normalized spacial score (nSPS) is 10.9. The molecule has 0 aliphatic rings. The molecule has 0 atom stereocenters. The lowest BCUT2D eigenvalue weighted by Crippen LogP contribution is -2.09.